The van der Waals surface area contributed by atoms with Gasteiger partial charge in [0.1, 0.15) is 4.88 Å². The van der Waals surface area contributed by atoms with Gasteiger partial charge in [0.15, 0.2) is 0 Å². The number of carbonyl (C=O) groups excluding carboxylic acids is 1. The average Bonchev–Trinajstić information content (AvgIpc) is 2.69. The second-order valence-electron chi connectivity index (χ2n) is 3.15. The summed E-state index contributed by atoms with van der Waals surface area (Å²) in [5.74, 6) is 0.360. The monoisotopic (exact) mass is 217 g/mol. The number of amides is 1. The van der Waals surface area contributed by atoms with Crippen molar-refractivity contribution >= 4 is 29.0 Å². The third kappa shape index (κ3) is 1.81. The van der Waals surface area contributed by atoms with Gasteiger partial charge in [0.25, 0.3) is 5.91 Å². The van der Waals surface area contributed by atoms with Crippen LogP contribution < -0.4 is 5.32 Å². The van der Waals surface area contributed by atoms with E-state index in [-0.39, 0.29) is 11.4 Å². The molecule has 0 bridgehead atoms. The third-order valence-corrected chi connectivity index (χ3v) is 3.25. The normalized spacial score (nSPS) is 18.2. The molecule has 70 valence electrons. The second kappa shape index (κ2) is 3.23. The van der Waals surface area contributed by atoms with Crippen molar-refractivity contribution in [1.29, 1.82) is 0 Å². The van der Waals surface area contributed by atoms with Crippen LogP contribution in [-0.2, 0) is 0 Å². The fraction of sp³-hybridized carbons (Fsp3) is 0.571. The van der Waals surface area contributed by atoms with Crippen LogP contribution in [0.3, 0.4) is 0 Å². The molecule has 1 aliphatic rings. The van der Waals surface area contributed by atoms with Crippen LogP contribution >= 0.6 is 23.1 Å². The number of nitrogens with zero attached hydrogens (tertiary/aromatic N) is 2. The third-order valence-electron chi connectivity index (χ3n) is 2.07. The summed E-state index contributed by atoms with van der Waals surface area (Å²) < 4.78 is 3.62. The smallest absolute Gasteiger partial charge is 0.265 e. The lowest BCUT2D eigenvalue weighted by Crippen LogP contribution is -2.37. The van der Waals surface area contributed by atoms with Gasteiger partial charge in [-0.05, 0) is 24.4 Å². The van der Waals surface area contributed by atoms with E-state index in [1.807, 2.05) is 0 Å². The predicted octanol–water partition coefficient (Wildman–Crippen LogP) is 1.04. The molecular weight excluding hydrogens is 210 g/mol. The van der Waals surface area contributed by atoms with Gasteiger partial charge in [-0.25, -0.2) is 0 Å². The van der Waals surface area contributed by atoms with Crippen LogP contribution in [0.25, 0.3) is 0 Å². The van der Waals surface area contributed by atoms with Crippen LogP contribution in [0.15, 0.2) is 6.20 Å². The lowest BCUT2D eigenvalue weighted by atomic mass is 10.3. The van der Waals surface area contributed by atoms with E-state index in [0.717, 1.165) is 24.4 Å². The van der Waals surface area contributed by atoms with Crippen LogP contribution in [0.5, 0.6) is 0 Å². The van der Waals surface area contributed by atoms with E-state index >= 15 is 0 Å². The fourth-order valence-electron chi connectivity index (χ4n) is 1.01. The van der Waals surface area contributed by atoms with E-state index in [1.54, 1.807) is 0 Å². The first-order chi connectivity index (χ1) is 6.26. The maximum atomic E-state index is 11.5. The van der Waals surface area contributed by atoms with Crippen LogP contribution in [0, 0.1) is 0 Å². The van der Waals surface area contributed by atoms with Gasteiger partial charge < -0.3 is 5.32 Å². The highest BCUT2D eigenvalue weighted by Gasteiger charge is 2.43. The Labute approximate surface area is 84.5 Å². The van der Waals surface area contributed by atoms with Crippen molar-refractivity contribution in [3.63, 3.8) is 0 Å². The Morgan fingerprint density at radius 3 is 3.00 bits per heavy atom. The zero-order chi connectivity index (χ0) is 9.31. The summed E-state index contributed by atoms with van der Waals surface area (Å²) in [5.41, 5.74) is -0.150. The first kappa shape index (κ1) is 8.90. The van der Waals surface area contributed by atoms with E-state index in [2.05, 4.69) is 14.9 Å². The van der Waals surface area contributed by atoms with Crippen LogP contribution in [0.4, 0.5) is 0 Å². The summed E-state index contributed by atoms with van der Waals surface area (Å²) in [4.78, 5) is 12.0. The van der Waals surface area contributed by atoms with Crippen molar-refractivity contribution in [1.82, 2.24) is 14.9 Å². The van der Waals surface area contributed by atoms with E-state index in [9.17, 15) is 4.79 Å². The number of hydrogen-bond donors (Lipinski definition) is 1. The standard InChI is InChI=1S/C7H8ClN3OS/c8-4-7(1-2-7)10-6(12)5-3-9-11-13-5/h3H,1-2,4H2,(H,10,12). The van der Waals surface area contributed by atoms with E-state index in [4.69, 9.17) is 11.6 Å². The molecule has 0 saturated heterocycles. The van der Waals surface area contributed by atoms with Gasteiger partial charge in [-0.1, -0.05) is 4.49 Å². The maximum absolute atomic E-state index is 11.5. The van der Waals surface area contributed by atoms with Crippen molar-refractivity contribution in [2.45, 2.75) is 18.4 Å². The molecule has 1 aromatic heterocycles. The van der Waals surface area contributed by atoms with E-state index in [0.29, 0.717) is 10.8 Å². The molecule has 1 N–H and O–H groups in total. The van der Waals surface area contributed by atoms with Crippen LogP contribution in [-0.4, -0.2) is 26.9 Å². The number of aromatic nitrogens is 2. The van der Waals surface area contributed by atoms with Gasteiger partial charge >= 0.3 is 0 Å². The highest BCUT2D eigenvalue weighted by atomic mass is 35.5. The molecule has 0 unspecified atom stereocenters. The van der Waals surface area contributed by atoms with Gasteiger partial charge in [0.2, 0.25) is 0 Å². The number of carbonyl (C=O) groups is 1. The number of rotatable bonds is 3. The van der Waals surface area contributed by atoms with Gasteiger partial charge in [-0.15, -0.1) is 16.7 Å². The molecule has 1 heterocycles. The molecule has 0 aliphatic heterocycles. The number of alkyl halides is 1. The largest absolute Gasteiger partial charge is 0.345 e. The zero-order valence-corrected chi connectivity index (χ0v) is 8.36. The Balaban J connectivity index is 2.00. The molecule has 1 amide bonds. The molecule has 13 heavy (non-hydrogen) atoms. The lowest BCUT2D eigenvalue weighted by molar-refractivity contribution is 0.0940. The molecule has 6 heteroatoms. The van der Waals surface area contributed by atoms with Gasteiger partial charge in [0, 0.05) is 5.88 Å². The molecule has 1 saturated carbocycles. The Morgan fingerprint density at radius 1 is 1.77 bits per heavy atom. The number of halogens is 1. The van der Waals surface area contributed by atoms with E-state index < -0.39 is 0 Å². The molecular formula is C7H8ClN3OS. The van der Waals surface area contributed by atoms with Gasteiger partial charge in [-0.2, -0.15) is 0 Å². The number of nitrogens with one attached hydrogen (secondary N) is 1. The van der Waals surface area contributed by atoms with Crippen molar-refractivity contribution in [2.24, 2.45) is 0 Å². The summed E-state index contributed by atoms with van der Waals surface area (Å²) in [7, 11) is 0. The minimum absolute atomic E-state index is 0.117. The molecule has 2 rings (SSSR count). The molecule has 0 spiro atoms. The molecule has 0 radical (unpaired) electrons. The SMILES string of the molecule is O=C(NC1(CCl)CC1)c1cnns1. The molecule has 4 nitrogen and oxygen atoms in total. The highest BCUT2D eigenvalue weighted by Crippen LogP contribution is 2.36. The maximum Gasteiger partial charge on any atom is 0.265 e. The summed E-state index contributed by atoms with van der Waals surface area (Å²) in [6.45, 7) is 0. The highest BCUT2D eigenvalue weighted by molar-refractivity contribution is 7.07. The Bertz CT molecular complexity index is 310. The summed E-state index contributed by atoms with van der Waals surface area (Å²) in [5, 5.41) is 6.47. The average molecular weight is 218 g/mol. The molecule has 0 atom stereocenters. The molecule has 0 aromatic carbocycles. The second-order valence-corrected chi connectivity index (χ2v) is 4.20. The summed E-state index contributed by atoms with van der Waals surface area (Å²) in [6, 6.07) is 0. The summed E-state index contributed by atoms with van der Waals surface area (Å²) >= 11 is 6.81. The lowest BCUT2D eigenvalue weighted by Gasteiger charge is -2.11. The topological polar surface area (TPSA) is 54.9 Å². The fourth-order valence-corrected chi connectivity index (χ4v) is 1.76. The minimum atomic E-state index is -0.150. The first-order valence-corrected chi connectivity index (χ1v) is 5.22. The molecule has 1 aromatic rings. The molecule has 1 aliphatic carbocycles. The van der Waals surface area contributed by atoms with Crippen molar-refractivity contribution in [3.05, 3.63) is 11.1 Å². The van der Waals surface area contributed by atoms with Crippen molar-refractivity contribution < 1.29 is 4.79 Å². The Kier molecular flexibility index (Phi) is 2.21. The van der Waals surface area contributed by atoms with Crippen LogP contribution in [0.2, 0.25) is 0 Å². The first-order valence-electron chi connectivity index (χ1n) is 3.92. The Morgan fingerprint density at radius 2 is 2.54 bits per heavy atom. The van der Waals surface area contributed by atoms with Gasteiger partial charge in [-0.3, -0.25) is 4.79 Å². The Hall–Kier alpha value is -0.680. The minimum Gasteiger partial charge on any atom is -0.345 e. The van der Waals surface area contributed by atoms with Gasteiger partial charge in [0.05, 0.1) is 11.7 Å². The van der Waals surface area contributed by atoms with Crippen molar-refractivity contribution in [3.8, 4) is 0 Å². The van der Waals surface area contributed by atoms with Crippen LogP contribution in [0.1, 0.15) is 22.5 Å². The van der Waals surface area contributed by atoms with Crippen molar-refractivity contribution in [2.75, 3.05) is 5.88 Å². The molecule has 1 fully saturated rings. The predicted molar refractivity (Wildman–Crippen MR) is 50.1 cm³/mol. The quantitative estimate of drug-likeness (QED) is 0.770. The summed E-state index contributed by atoms with van der Waals surface area (Å²) in [6.07, 6.45) is 3.40. The number of hydrogen-bond acceptors (Lipinski definition) is 4. The van der Waals surface area contributed by atoms with E-state index in [1.165, 1.54) is 6.20 Å². The zero-order valence-electron chi connectivity index (χ0n) is 6.79.